The van der Waals surface area contributed by atoms with Gasteiger partial charge in [0.25, 0.3) is 0 Å². The Morgan fingerprint density at radius 1 is 0.657 bits per heavy atom. The fourth-order valence-electron chi connectivity index (χ4n) is 2.04. The van der Waals surface area contributed by atoms with E-state index >= 15 is 0 Å². The topological polar surface area (TPSA) is 40.5 Å². The van der Waals surface area contributed by atoms with Gasteiger partial charge in [-0.3, -0.25) is 12.2 Å². The molecule has 2 aliphatic rings. The number of thioether (sulfide) groups is 2. The molecule has 0 aromatic heterocycles. The molecule has 2 aromatic rings. The van der Waals surface area contributed by atoms with Crippen molar-refractivity contribution in [2.45, 2.75) is 33.6 Å². The van der Waals surface area contributed by atoms with Crippen LogP contribution in [0.4, 0.5) is 26.3 Å². The third-order valence-electron chi connectivity index (χ3n) is 3.27. The van der Waals surface area contributed by atoms with Gasteiger partial charge >= 0.3 is 37.2 Å². The van der Waals surface area contributed by atoms with Crippen LogP contribution in [0.15, 0.2) is 94.8 Å². The Morgan fingerprint density at radius 2 is 1.03 bits per heavy atom. The van der Waals surface area contributed by atoms with Crippen LogP contribution in [-0.4, -0.2) is 21.2 Å². The SMILES string of the molecule is Oc1cccc(SC(F)(F)F)c1.Oc1cccc(SC(F)(F)F)c1.[C-]1=CC=CC1.[C-]1=CC=CC1.[Zr+2]. The molecular weight excluding hydrogens is 590 g/mol. The summed E-state index contributed by atoms with van der Waals surface area (Å²) in [5.74, 6) is -0.325. The average Bonchev–Trinajstić information content (AvgIpc) is 3.45. The van der Waals surface area contributed by atoms with Crippen molar-refractivity contribution < 1.29 is 62.8 Å². The first-order chi connectivity index (χ1) is 15.9. The average molecular weight is 610 g/mol. The Morgan fingerprint density at radius 3 is 1.23 bits per heavy atom. The molecule has 0 saturated carbocycles. The molecule has 0 spiro atoms. The van der Waals surface area contributed by atoms with Gasteiger partial charge in [0.1, 0.15) is 11.5 Å². The fourth-order valence-corrected chi connectivity index (χ4v) is 3.23. The molecule has 0 saturated heterocycles. The Hall–Kier alpha value is -1.84. The van der Waals surface area contributed by atoms with Gasteiger partial charge in [-0.25, -0.2) is 24.3 Å². The van der Waals surface area contributed by atoms with Crippen molar-refractivity contribution >= 4 is 23.5 Å². The maximum absolute atomic E-state index is 11.8. The summed E-state index contributed by atoms with van der Waals surface area (Å²) in [5.41, 5.74) is -8.60. The van der Waals surface area contributed by atoms with E-state index in [2.05, 4.69) is 24.3 Å². The van der Waals surface area contributed by atoms with E-state index in [4.69, 9.17) is 10.2 Å². The molecule has 2 N–H and O–H groups in total. The van der Waals surface area contributed by atoms with Crippen LogP contribution in [0.25, 0.3) is 0 Å². The van der Waals surface area contributed by atoms with Crippen LogP contribution < -0.4 is 0 Å². The van der Waals surface area contributed by atoms with Crippen molar-refractivity contribution in [3.8, 4) is 11.5 Å². The Kier molecular flexibility index (Phi) is 16.6. The molecule has 35 heavy (non-hydrogen) atoms. The largest absolute Gasteiger partial charge is 2.00 e. The Bertz CT molecular complexity index is 887. The first-order valence-electron chi connectivity index (χ1n) is 9.47. The molecule has 4 rings (SSSR count). The van der Waals surface area contributed by atoms with E-state index < -0.39 is 11.0 Å². The van der Waals surface area contributed by atoms with Crippen molar-refractivity contribution in [3.05, 3.63) is 97.1 Å². The molecule has 0 amide bonds. The minimum absolute atomic E-state index is 0. The zero-order valence-corrected chi connectivity index (χ0v) is 22.1. The van der Waals surface area contributed by atoms with Crippen LogP contribution in [0, 0.1) is 12.2 Å². The van der Waals surface area contributed by atoms with Crippen molar-refractivity contribution in [1.82, 2.24) is 0 Å². The molecule has 2 nitrogen and oxygen atoms in total. The standard InChI is InChI=1S/2C7H5F3OS.2C5H5.Zr/c2*8-7(9,10)12-6-3-1-2-5(11)4-6;2*1-2-4-5-3-1;/h2*1-4,11H;2*1-3H,4H2;/q;;2*-1;+2. The monoisotopic (exact) mass is 608 g/mol. The molecule has 186 valence electrons. The number of aromatic hydroxyl groups is 2. The predicted octanol–water partition coefficient (Wildman–Crippen LogP) is 8.62. The quantitative estimate of drug-likeness (QED) is 0.203. The van der Waals surface area contributed by atoms with E-state index in [1.165, 1.54) is 36.4 Å². The van der Waals surface area contributed by atoms with E-state index in [0.29, 0.717) is 0 Å². The van der Waals surface area contributed by atoms with Crippen LogP contribution in [0.5, 0.6) is 11.5 Å². The van der Waals surface area contributed by atoms with Crippen molar-refractivity contribution in [2.75, 3.05) is 0 Å². The number of phenols is 2. The maximum atomic E-state index is 11.8. The second kappa shape index (κ2) is 17.6. The van der Waals surface area contributed by atoms with Crippen LogP contribution in [0.1, 0.15) is 12.8 Å². The summed E-state index contributed by atoms with van der Waals surface area (Å²) < 4.78 is 70.5. The summed E-state index contributed by atoms with van der Waals surface area (Å²) in [6.07, 6.45) is 20.0. The number of allylic oxidation sites excluding steroid dienone is 8. The van der Waals surface area contributed by atoms with Gasteiger partial charge in [0.2, 0.25) is 0 Å². The fraction of sp³-hybridized carbons (Fsp3) is 0.167. The number of alkyl halides is 6. The van der Waals surface area contributed by atoms with Gasteiger partial charge in [0, 0.05) is 9.79 Å². The third kappa shape index (κ3) is 20.1. The molecule has 0 aliphatic heterocycles. The minimum Gasteiger partial charge on any atom is -0.508 e. The maximum Gasteiger partial charge on any atom is 2.00 e. The molecule has 11 heteroatoms. The number of benzene rings is 2. The van der Waals surface area contributed by atoms with Gasteiger partial charge in [0.05, 0.1) is 0 Å². The second-order valence-corrected chi connectivity index (χ2v) is 8.37. The van der Waals surface area contributed by atoms with Crippen LogP contribution in [0.3, 0.4) is 0 Å². The van der Waals surface area contributed by atoms with Crippen molar-refractivity contribution in [3.63, 3.8) is 0 Å². The minimum atomic E-state index is -4.30. The first-order valence-corrected chi connectivity index (χ1v) is 11.1. The van der Waals surface area contributed by atoms with Crippen molar-refractivity contribution in [1.29, 1.82) is 0 Å². The predicted molar refractivity (Wildman–Crippen MR) is 123 cm³/mol. The molecule has 0 radical (unpaired) electrons. The number of rotatable bonds is 2. The smallest absolute Gasteiger partial charge is 0.508 e. The van der Waals surface area contributed by atoms with E-state index in [9.17, 15) is 26.3 Å². The van der Waals surface area contributed by atoms with Crippen molar-refractivity contribution in [2.24, 2.45) is 0 Å². The normalized spacial score (nSPS) is 13.0. The first kappa shape index (κ1) is 33.2. The summed E-state index contributed by atoms with van der Waals surface area (Å²) in [4.78, 5) is -0.0231. The number of hydrogen-bond donors (Lipinski definition) is 2. The molecule has 0 unspecified atom stereocenters. The summed E-state index contributed by atoms with van der Waals surface area (Å²) in [5, 5.41) is 17.7. The molecule has 0 atom stereocenters. The van der Waals surface area contributed by atoms with Gasteiger partial charge in [-0.05, 0) is 59.9 Å². The van der Waals surface area contributed by atoms with Gasteiger partial charge in [-0.1, -0.05) is 12.1 Å². The summed E-state index contributed by atoms with van der Waals surface area (Å²) >= 11 is -0.490. The van der Waals surface area contributed by atoms with E-state index in [1.54, 1.807) is 0 Å². The number of hydrogen-bond acceptors (Lipinski definition) is 4. The summed E-state index contributed by atoms with van der Waals surface area (Å²) in [6.45, 7) is 0. The molecule has 2 aromatic carbocycles. The van der Waals surface area contributed by atoms with Gasteiger partial charge in [-0.2, -0.15) is 38.5 Å². The molecule has 0 bridgehead atoms. The molecular formula is C24H20F6O2S2Zr. The van der Waals surface area contributed by atoms with E-state index in [-0.39, 0.29) is 71.0 Å². The zero-order chi connectivity index (χ0) is 25.5. The summed E-state index contributed by atoms with van der Waals surface area (Å²) in [6, 6.07) is 10.1. The van der Waals surface area contributed by atoms with Gasteiger partial charge in [-0.15, -0.1) is 12.8 Å². The Balaban J connectivity index is 0.000000468. The second-order valence-electron chi connectivity index (χ2n) is 6.10. The van der Waals surface area contributed by atoms with Crippen LogP contribution in [0.2, 0.25) is 0 Å². The van der Waals surface area contributed by atoms with E-state index in [0.717, 1.165) is 25.0 Å². The van der Waals surface area contributed by atoms with Crippen LogP contribution >= 0.6 is 23.5 Å². The summed E-state index contributed by atoms with van der Waals surface area (Å²) in [7, 11) is 0. The Labute approximate surface area is 227 Å². The molecule has 0 fully saturated rings. The number of phenolic OH excluding ortho intramolecular Hbond substituents is 2. The molecule has 2 aliphatic carbocycles. The third-order valence-corrected chi connectivity index (χ3v) is 4.72. The van der Waals surface area contributed by atoms with E-state index in [1.807, 2.05) is 24.3 Å². The van der Waals surface area contributed by atoms with Gasteiger partial charge < -0.3 is 10.2 Å². The van der Waals surface area contributed by atoms with Crippen LogP contribution in [-0.2, 0) is 26.2 Å². The number of halogens is 6. The van der Waals surface area contributed by atoms with Gasteiger partial charge in [0.15, 0.2) is 0 Å². The molecule has 0 heterocycles. The zero-order valence-electron chi connectivity index (χ0n) is 18.0.